The summed E-state index contributed by atoms with van der Waals surface area (Å²) >= 11 is 0. The van der Waals surface area contributed by atoms with Crippen LogP contribution in [0.1, 0.15) is 11.3 Å². The van der Waals surface area contributed by atoms with Crippen molar-refractivity contribution in [3.05, 3.63) is 35.5 Å². The van der Waals surface area contributed by atoms with Crippen LogP contribution in [0.4, 0.5) is 0 Å². The topological polar surface area (TPSA) is 25.2 Å². The first-order valence-corrected chi connectivity index (χ1v) is 4.30. The van der Waals surface area contributed by atoms with E-state index in [1.165, 1.54) is 0 Å². The van der Waals surface area contributed by atoms with E-state index in [1.807, 2.05) is 32.2 Å². The van der Waals surface area contributed by atoms with Crippen LogP contribution >= 0.6 is 0 Å². The monoisotopic (exact) mass is 174 g/mol. The van der Waals surface area contributed by atoms with Crippen LogP contribution in [-0.2, 0) is 13.7 Å². The van der Waals surface area contributed by atoms with Gasteiger partial charge in [0.1, 0.15) is 0 Å². The normalized spacial score (nSPS) is 11.0. The van der Waals surface area contributed by atoms with Gasteiger partial charge in [0, 0.05) is 29.2 Å². The Morgan fingerprint density at radius 3 is 3.00 bits per heavy atom. The number of aryl methyl sites for hydroxylation is 1. The predicted octanol–water partition coefficient (Wildman–Crippen LogP) is 1.78. The minimum absolute atomic E-state index is 0.0982. The summed E-state index contributed by atoms with van der Waals surface area (Å²) in [6, 6.07) is 8.86. The Labute approximate surface area is 77.4 Å². The zero-order valence-electron chi connectivity index (χ0n) is 7.83. The number of benzene rings is 1. The minimum Gasteiger partial charge on any atom is -0.392 e. The van der Waals surface area contributed by atoms with Crippen LogP contribution < -0.4 is 0 Å². The second-order valence-electron chi connectivity index (χ2n) is 3.22. The Morgan fingerprint density at radius 1 is 1.54 bits per heavy atom. The minimum atomic E-state index is 0.0982. The van der Waals surface area contributed by atoms with Gasteiger partial charge in [-0.25, -0.2) is 0 Å². The Balaban J connectivity index is 2.90. The van der Waals surface area contributed by atoms with E-state index in [9.17, 15) is 5.11 Å². The first-order valence-electron chi connectivity index (χ1n) is 4.30. The van der Waals surface area contributed by atoms with E-state index >= 15 is 0 Å². The molecule has 0 spiro atoms. The quantitative estimate of drug-likeness (QED) is 0.700. The highest BCUT2D eigenvalue weighted by atomic mass is 16.3. The number of aliphatic hydroxyl groups is 1. The van der Waals surface area contributed by atoms with E-state index in [4.69, 9.17) is 0 Å². The van der Waals surface area contributed by atoms with Crippen LogP contribution in [0.15, 0.2) is 18.2 Å². The molecular formula is C11H12NO. The predicted molar refractivity (Wildman–Crippen MR) is 52.4 cm³/mol. The van der Waals surface area contributed by atoms with Gasteiger partial charge in [0.2, 0.25) is 0 Å². The summed E-state index contributed by atoms with van der Waals surface area (Å²) in [6.07, 6.45) is 0. The first-order chi connectivity index (χ1) is 6.25. The summed E-state index contributed by atoms with van der Waals surface area (Å²) < 4.78 is 2.09. The molecule has 0 saturated heterocycles. The van der Waals surface area contributed by atoms with Crippen LogP contribution in [0.5, 0.6) is 0 Å². The van der Waals surface area contributed by atoms with Gasteiger partial charge in [-0.2, -0.15) is 0 Å². The number of hydrogen-bond acceptors (Lipinski definition) is 1. The Hall–Kier alpha value is -1.28. The molecule has 0 saturated carbocycles. The molecule has 0 amide bonds. The van der Waals surface area contributed by atoms with Crippen molar-refractivity contribution in [1.82, 2.24) is 4.57 Å². The average Bonchev–Trinajstić information content (AvgIpc) is 2.41. The van der Waals surface area contributed by atoms with E-state index in [-0.39, 0.29) is 6.61 Å². The summed E-state index contributed by atoms with van der Waals surface area (Å²) in [7, 11) is 2.01. The SMILES string of the molecule is Cc1c(CO)c2c[c]ccc2n1C. The third kappa shape index (κ3) is 1.06. The highest BCUT2D eigenvalue weighted by Crippen LogP contribution is 2.23. The molecule has 0 bridgehead atoms. The van der Waals surface area contributed by atoms with Gasteiger partial charge in [0.15, 0.2) is 0 Å². The number of aromatic nitrogens is 1. The Kier molecular flexibility index (Phi) is 1.85. The van der Waals surface area contributed by atoms with Crippen molar-refractivity contribution in [2.75, 3.05) is 0 Å². The highest BCUT2D eigenvalue weighted by molar-refractivity contribution is 5.85. The van der Waals surface area contributed by atoms with Gasteiger partial charge in [-0.1, -0.05) is 6.07 Å². The van der Waals surface area contributed by atoms with Crippen molar-refractivity contribution in [3.63, 3.8) is 0 Å². The average molecular weight is 174 g/mol. The fraction of sp³-hybridized carbons (Fsp3) is 0.273. The number of aliphatic hydroxyl groups excluding tert-OH is 1. The first kappa shape index (κ1) is 8.32. The third-order valence-electron chi connectivity index (χ3n) is 2.63. The molecule has 1 aromatic heterocycles. The summed E-state index contributed by atoms with van der Waals surface area (Å²) in [5, 5.41) is 10.3. The summed E-state index contributed by atoms with van der Waals surface area (Å²) in [6.45, 7) is 2.12. The molecule has 13 heavy (non-hydrogen) atoms. The van der Waals surface area contributed by atoms with Crippen LogP contribution in [0.2, 0.25) is 0 Å². The molecule has 0 aliphatic carbocycles. The third-order valence-corrected chi connectivity index (χ3v) is 2.63. The maximum atomic E-state index is 9.20. The molecule has 0 fully saturated rings. The fourth-order valence-electron chi connectivity index (χ4n) is 1.73. The maximum Gasteiger partial charge on any atom is 0.0705 e. The molecule has 1 N–H and O–H groups in total. The van der Waals surface area contributed by atoms with Crippen LogP contribution in [0.3, 0.4) is 0 Å². The van der Waals surface area contributed by atoms with Crippen molar-refractivity contribution in [2.24, 2.45) is 7.05 Å². The molecular weight excluding hydrogens is 162 g/mol. The molecule has 2 heteroatoms. The molecule has 1 heterocycles. The zero-order valence-corrected chi connectivity index (χ0v) is 7.83. The van der Waals surface area contributed by atoms with Gasteiger partial charge < -0.3 is 9.67 Å². The van der Waals surface area contributed by atoms with Crippen LogP contribution in [-0.4, -0.2) is 9.67 Å². The molecule has 0 aliphatic rings. The van der Waals surface area contributed by atoms with E-state index in [0.717, 1.165) is 22.2 Å². The van der Waals surface area contributed by atoms with Crippen molar-refractivity contribution in [1.29, 1.82) is 0 Å². The summed E-state index contributed by atoms with van der Waals surface area (Å²) in [4.78, 5) is 0. The van der Waals surface area contributed by atoms with Crippen molar-refractivity contribution in [2.45, 2.75) is 13.5 Å². The standard InChI is InChI=1S/C11H12NO/c1-8-10(7-13)9-5-3-4-6-11(9)12(8)2/h4-6,13H,7H2,1-2H3. The lowest BCUT2D eigenvalue weighted by Crippen LogP contribution is -1.91. The zero-order chi connectivity index (χ0) is 9.42. The van der Waals surface area contributed by atoms with E-state index in [2.05, 4.69) is 10.6 Å². The van der Waals surface area contributed by atoms with Crippen molar-refractivity contribution in [3.8, 4) is 0 Å². The molecule has 1 aromatic carbocycles. The smallest absolute Gasteiger partial charge is 0.0705 e. The van der Waals surface area contributed by atoms with Gasteiger partial charge in [-0.15, -0.1) is 0 Å². The highest BCUT2D eigenvalue weighted by Gasteiger charge is 2.09. The van der Waals surface area contributed by atoms with Gasteiger partial charge in [-0.3, -0.25) is 0 Å². The number of nitrogens with zero attached hydrogens (tertiary/aromatic N) is 1. The van der Waals surface area contributed by atoms with E-state index in [1.54, 1.807) is 0 Å². The molecule has 0 atom stereocenters. The van der Waals surface area contributed by atoms with Crippen molar-refractivity contribution < 1.29 is 5.11 Å². The van der Waals surface area contributed by atoms with Gasteiger partial charge in [-0.05, 0) is 25.1 Å². The molecule has 0 unspecified atom stereocenters. The van der Waals surface area contributed by atoms with E-state index in [0.29, 0.717) is 0 Å². The fourth-order valence-corrected chi connectivity index (χ4v) is 1.73. The van der Waals surface area contributed by atoms with Gasteiger partial charge in [0.05, 0.1) is 6.61 Å². The van der Waals surface area contributed by atoms with Gasteiger partial charge >= 0.3 is 0 Å². The lowest BCUT2D eigenvalue weighted by Gasteiger charge is -1.97. The number of fused-ring (bicyclic) bond motifs is 1. The molecule has 67 valence electrons. The van der Waals surface area contributed by atoms with Gasteiger partial charge in [0.25, 0.3) is 0 Å². The Bertz CT molecular complexity index is 443. The largest absolute Gasteiger partial charge is 0.392 e. The number of hydrogen-bond donors (Lipinski definition) is 1. The molecule has 1 radical (unpaired) electrons. The summed E-state index contributed by atoms with van der Waals surface area (Å²) in [5.41, 5.74) is 3.28. The van der Waals surface area contributed by atoms with E-state index < -0.39 is 0 Å². The molecule has 0 aliphatic heterocycles. The molecule has 2 nitrogen and oxygen atoms in total. The lowest BCUT2D eigenvalue weighted by atomic mass is 10.1. The summed E-state index contributed by atoms with van der Waals surface area (Å²) in [5.74, 6) is 0. The maximum absolute atomic E-state index is 9.20. The second kappa shape index (κ2) is 2.89. The van der Waals surface area contributed by atoms with Crippen LogP contribution in [0.25, 0.3) is 10.9 Å². The second-order valence-corrected chi connectivity index (χ2v) is 3.22. The lowest BCUT2D eigenvalue weighted by molar-refractivity contribution is 0.282. The molecule has 2 rings (SSSR count). The molecule has 2 aromatic rings. The Morgan fingerprint density at radius 2 is 2.31 bits per heavy atom. The van der Waals surface area contributed by atoms with Crippen molar-refractivity contribution >= 4 is 10.9 Å². The van der Waals surface area contributed by atoms with Crippen LogP contribution in [0, 0.1) is 13.0 Å². The number of rotatable bonds is 1.